The number of rotatable bonds is 8. The van der Waals surface area contributed by atoms with Gasteiger partial charge in [0.15, 0.2) is 5.82 Å². The molecule has 15 aromatic rings. The van der Waals surface area contributed by atoms with Crippen LogP contribution in [0.1, 0.15) is 0 Å². The van der Waals surface area contributed by atoms with Gasteiger partial charge < -0.3 is 13.7 Å². The Morgan fingerprint density at radius 2 is 0.613 bits per heavy atom. The predicted molar refractivity (Wildman–Crippen MR) is 312 cm³/mol. The van der Waals surface area contributed by atoms with Crippen LogP contribution in [0.2, 0.25) is 0 Å². The summed E-state index contributed by atoms with van der Waals surface area (Å²) in [6, 6.07) is 98.3. The highest BCUT2D eigenvalue weighted by molar-refractivity contribution is 6.17. The highest BCUT2D eigenvalue weighted by Gasteiger charge is 2.24. The van der Waals surface area contributed by atoms with E-state index >= 15 is 0 Å². The summed E-state index contributed by atoms with van der Waals surface area (Å²) >= 11 is 0. The second kappa shape index (κ2) is 17.3. The van der Waals surface area contributed by atoms with E-state index in [4.69, 9.17) is 9.97 Å². The van der Waals surface area contributed by atoms with Crippen molar-refractivity contribution in [1.82, 2.24) is 23.7 Å². The van der Waals surface area contributed by atoms with Crippen molar-refractivity contribution in [3.05, 3.63) is 273 Å². The van der Waals surface area contributed by atoms with E-state index in [1.807, 2.05) is 12.1 Å². The number of fused-ring (bicyclic) bond motifs is 9. The van der Waals surface area contributed by atoms with Crippen molar-refractivity contribution in [2.45, 2.75) is 0 Å². The molecular formula is C70H45N5. The van der Waals surface area contributed by atoms with E-state index in [9.17, 15) is 0 Å². The molecule has 11 aromatic carbocycles. The van der Waals surface area contributed by atoms with E-state index in [0.29, 0.717) is 5.82 Å². The Balaban J connectivity index is 0.970. The molecule has 350 valence electrons. The summed E-state index contributed by atoms with van der Waals surface area (Å²) in [6.07, 6.45) is 0. The van der Waals surface area contributed by atoms with E-state index in [1.165, 1.54) is 43.4 Å². The molecule has 0 amide bonds. The van der Waals surface area contributed by atoms with Gasteiger partial charge in [0.25, 0.3) is 0 Å². The molecule has 0 N–H and O–H groups in total. The SMILES string of the molecule is c1ccc(-c2cc(-c3ccccc3)nc(-c3ccc(-c4c(-c5ccccc5-n5c6ccccc6c6c(-n7c8ccccc8c8ccccc87)cccc65)cccc4-n4c5ccccc5c5ccccc54)cc3)n2)cc1. The molecule has 0 saturated carbocycles. The Morgan fingerprint density at radius 3 is 1.17 bits per heavy atom. The summed E-state index contributed by atoms with van der Waals surface area (Å²) in [5.74, 6) is 0.676. The minimum atomic E-state index is 0.676. The largest absolute Gasteiger partial charge is 0.309 e. The average Bonchev–Trinajstić information content (AvgIpc) is 4.16. The maximum atomic E-state index is 5.22. The molecule has 4 heterocycles. The van der Waals surface area contributed by atoms with Gasteiger partial charge in [-0.05, 0) is 71.8 Å². The van der Waals surface area contributed by atoms with Crippen molar-refractivity contribution >= 4 is 65.4 Å². The van der Waals surface area contributed by atoms with Crippen LogP contribution < -0.4 is 0 Å². The summed E-state index contributed by atoms with van der Waals surface area (Å²) in [6.45, 7) is 0. The second-order valence-corrected chi connectivity index (χ2v) is 19.3. The smallest absolute Gasteiger partial charge is 0.160 e. The molecule has 0 saturated heterocycles. The Kier molecular flexibility index (Phi) is 9.82. The fourth-order valence-electron chi connectivity index (χ4n) is 11.8. The quantitative estimate of drug-likeness (QED) is 0.152. The third-order valence-electron chi connectivity index (χ3n) is 15.1. The van der Waals surface area contributed by atoms with Crippen molar-refractivity contribution in [3.63, 3.8) is 0 Å². The van der Waals surface area contributed by atoms with E-state index in [-0.39, 0.29) is 0 Å². The van der Waals surface area contributed by atoms with Crippen molar-refractivity contribution < 1.29 is 0 Å². The highest BCUT2D eigenvalue weighted by Crippen LogP contribution is 2.46. The summed E-state index contributed by atoms with van der Waals surface area (Å²) in [5, 5.41) is 7.33. The van der Waals surface area contributed by atoms with E-state index in [2.05, 4.69) is 275 Å². The lowest BCUT2D eigenvalue weighted by Crippen LogP contribution is -2.02. The lowest BCUT2D eigenvalue weighted by Gasteiger charge is -2.21. The standard InChI is InChI=1S/C70H45N5/c1-3-21-46(22-4-1)57-45-58(47-23-5-2-6-24-47)72-70(71-57)49-43-41-48(42-44-49)68-55(31-19-38-65(68)73-59-32-13-7-25-50(59)51-26-8-14-33-60(51)73)54-29-11-17-36-63(54)75-64-37-18-12-30-56(64)69-66(39-20-40-67(69)75)74-61-34-15-9-27-52(61)53-28-10-16-35-62(53)74/h1-45H. The third kappa shape index (κ3) is 6.79. The van der Waals surface area contributed by atoms with E-state index in [0.717, 1.165) is 89.5 Å². The van der Waals surface area contributed by atoms with Crippen molar-refractivity contribution in [2.75, 3.05) is 0 Å². The van der Waals surface area contributed by atoms with Crippen molar-refractivity contribution in [1.29, 1.82) is 0 Å². The van der Waals surface area contributed by atoms with E-state index < -0.39 is 0 Å². The maximum absolute atomic E-state index is 5.22. The number of aromatic nitrogens is 5. The molecule has 0 unspecified atom stereocenters. The fraction of sp³-hybridized carbons (Fsp3) is 0. The second-order valence-electron chi connectivity index (χ2n) is 19.3. The van der Waals surface area contributed by atoms with Gasteiger partial charge in [-0.2, -0.15) is 0 Å². The van der Waals surface area contributed by atoms with E-state index in [1.54, 1.807) is 0 Å². The average molecular weight is 956 g/mol. The van der Waals surface area contributed by atoms with Gasteiger partial charge in [0.1, 0.15) is 0 Å². The highest BCUT2D eigenvalue weighted by atomic mass is 15.0. The Morgan fingerprint density at radius 1 is 0.240 bits per heavy atom. The van der Waals surface area contributed by atoms with Gasteiger partial charge in [-0.1, -0.05) is 212 Å². The van der Waals surface area contributed by atoms with Crippen molar-refractivity contribution in [3.8, 4) is 73.2 Å². The summed E-state index contributed by atoms with van der Waals surface area (Å²) in [7, 11) is 0. The monoisotopic (exact) mass is 955 g/mol. The fourth-order valence-corrected chi connectivity index (χ4v) is 11.8. The zero-order valence-electron chi connectivity index (χ0n) is 40.7. The normalized spacial score (nSPS) is 11.7. The van der Waals surface area contributed by atoms with Crippen LogP contribution in [-0.4, -0.2) is 23.7 Å². The molecule has 0 fully saturated rings. The van der Waals surface area contributed by atoms with Crippen LogP contribution in [0.3, 0.4) is 0 Å². The first-order valence-electron chi connectivity index (χ1n) is 25.6. The van der Waals surface area contributed by atoms with Gasteiger partial charge in [0.2, 0.25) is 0 Å². The summed E-state index contributed by atoms with van der Waals surface area (Å²) in [5.41, 5.74) is 19.6. The molecule has 0 radical (unpaired) electrons. The number of hydrogen-bond acceptors (Lipinski definition) is 2. The Bertz CT molecular complexity index is 4530. The number of benzene rings is 11. The number of para-hydroxylation sites is 6. The first-order chi connectivity index (χ1) is 37.2. The van der Waals surface area contributed by atoms with Gasteiger partial charge in [-0.25, -0.2) is 9.97 Å². The van der Waals surface area contributed by atoms with Gasteiger partial charge in [-0.3, -0.25) is 0 Å². The minimum absolute atomic E-state index is 0.676. The molecule has 0 aliphatic heterocycles. The molecule has 15 rings (SSSR count). The minimum Gasteiger partial charge on any atom is -0.309 e. The molecule has 4 aromatic heterocycles. The topological polar surface area (TPSA) is 40.6 Å². The zero-order valence-corrected chi connectivity index (χ0v) is 40.7. The molecular weight excluding hydrogens is 911 g/mol. The van der Waals surface area contributed by atoms with Gasteiger partial charge in [-0.15, -0.1) is 0 Å². The summed E-state index contributed by atoms with van der Waals surface area (Å²) < 4.78 is 7.40. The van der Waals surface area contributed by atoms with Gasteiger partial charge >= 0.3 is 0 Å². The lowest BCUT2D eigenvalue weighted by atomic mass is 9.91. The van der Waals surface area contributed by atoms with Crippen LogP contribution in [0.15, 0.2) is 273 Å². The first-order valence-corrected chi connectivity index (χ1v) is 25.6. The third-order valence-corrected chi connectivity index (χ3v) is 15.1. The molecule has 0 spiro atoms. The van der Waals surface area contributed by atoms with Crippen LogP contribution in [0.25, 0.3) is 139 Å². The Labute approximate surface area is 433 Å². The molecule has 0 atom stereocenters. The van der Waals surface area contributed by atoms with Crippen LogP contribution in [-0.2, 0) is 0 Å². The van der Waals surface area contributed by atoms with Gasteiger partial charge in [0.05, 0.1) is 61.6 Å². The lowest BCUT2D eigenvalue weighted by molar-refractivity contribution is 1.16. The molecule has 0 bridgehead atoms. The molecule has 5 nitrogen and oxygen atoms in total. The number of hydrogen-bond donors (Lipinski definition) is 0. The maximum Gasteiger partial charge on any atom is 0.160 e. The molecule has 0 aliphatic carbocycles. The first kappa shape index (κ1) is 42.6. The van der Waals surface area contributed by atoms with Crippen LogP contribution in [0, 0.1) is 0 Å². The zero-order chi connectivity index (χ0) is 49.4. The van der Waals surface area contributed by atoms with Crippen molar-refractivity contribution in [2.24, 2.45) is 0 Å². The van der Waals surface area contributed by atoms with Gasteiger partial charge in [0, 0.05) is 60.1 Å². The predicted octanol–water partition coefficient (Wildman–Crippen LogP) is 18.1. The molecule has 75 heavy (non-hydrogen) atoms. The number of nitrogens with zero attached hydrogens (tertiary/aromatic N) is 5. The summed E-state index contributed by atoms with van der Waals surface area (Å²) in [4.78, 5) is 10.4. The van der Waals surface area contributed by atoms with Crippen LogP contribution >= 0.6 is 0 Å². The Hall–Kier alpha value is -10.1. The van der Waals surface area contributed by atoms with Crippen LogP contribution in [0.4, 0.5) is 0 Å². The molecule has 5 heteroatoms. The van der Waals surface area contributed by atoms with Crippen LogP contribution in [0.5, 0.6) is 0 Å². The molecule has 0 aliphatic rings.